The van der Waals surface area contributed by atoms with Crippen molar-refractivity contribution in [3.63, 3.8) is 0 Å². The fourth-order valence-corrected chi connectivity index (χ4v) is 3.46. The number of benzene rings is 2. The maximum Gasteiger partial charge on any atom is 0.246 e. The SMILES string of the molecule is Cc1cccc(N2CCN(C(=O)C=Cc3c(Cl)cccc3Cl)CC2)c1. The number of hydrogen-bond acceptors (Lipinski definition) is 2. The molecule has 1 aliphatic rings. The van der Waals surface area contributed by atoms with Crippen LogP contribution in [0.1, 0.15) is 11.1 Å². The fraction of sp³-hybridized carbons (Fsp3) is 0.250. The van der Waals surface area contributed by atoms with E-state index in [4.69, 9.17) is 23.2 Å². The summed E-state index contributed by atoms with van der Waals surface area (Å²) in [5, 5.41) is 1.08. The summed E-state index contributed by atoms with van der Waals surface area (Å²) in [7, 11) is 0. The Kier molecular flexibility index (Phi) is 5.67. The van der Waals surface area contributed by atoms with Crippen LogP contribution in [-0.2, 0) is 4.79 Å². The van der Waals surface area contributed by atoms with E-state index in [9.17, 15) is 4.79 Å². The summed E-state index contributed by atoms with van der Waals surface area (Å²) in [6.45, 7) is 5.15. The summed E-state index contributed by atoms with van der Waals surface area (Å²) in [6, 6.07) is 13.8. The molecule has 1 saturated heterocycles. The van der Waals surface area contributed by atoms with Crippen molar-refractivity contribution in [2.75, 3.05) is 31.1 Å². The van der Waals surface area contributed by atoms with Crippen molar-refractivity contribution in [3.05, 3.63) is 69.7 Å². The molecule has 1 amide bonds. The van der Waals surface area contributed by atoms with Gasteiger partial charge in [0.1, 0.15) is 0 Å². The van der Waals surface area contributed by atoms with Crippen LogP contribution in [0.2, 0.25) is 10.0 Å². The van der Waals surface area contributed by atoms with Crippen LogP contribution in [0.4, 0.5) is 5.69 Å². The van der Waals surface area contributed by atoms with Crippen molar-refractivity contribution in [1.82, 2.24) is 4.90 Å². The van der Waals surface area contributed by atoms with Gasteiger partial charge in [0, 0.05) is 53.6 Å². The Labute approximate surface area is 158 Å². The molecule has 3 nitrogen and oxygen atoms in total. The highest BCUT2D eigenvalue weighted by molar-refractivity contribution is 6.37. The van der Waals surface area contributed by atoms with Gasteiger partial charge in [-0.25, -0.2) is 0 Å². The Morgan fingerprint density at radius 3 is 2.28 bits per heavy atom. The van der Waals surface area contributed by atoms with Gasteiger partial charge in [-0.05, 0) is 42.8 Å². The summed E-state index contributed by atoms with van der Waals surface area (Å²) in [4.78, 5) is 16.6. The average molecular weight is 375 g/mol. The number of aryl methyl sites for hydroxylation is 1. The van der Waals surface area contributed by atoms with Crippen LogP contribution >= 0.6 is 23.2 Å². The Balaban J connectivity index is 1.61. The smallest absolute Gasteiger partial charge is 0.246 e. The fourth-order valence-electron chi connectivity index (χ4n) is 2.94. The Morgan fingerprint density at radius 1 is 1.00 bits per heavy atom. The molecular formula is C20H20Cl2N2O. The van der Waals surface area contributed by atoms with Crippen LogP contribution in [0.25, 0.3) is 6.08 Å². The van der Waals surface area contributed by atoms with Crippen LogP contribution in [0.3, 0.4) is 0 Å². The molecule has 2 aromatic carbocycles. The van der Waals surface area contributed by atoms with Crippen LogP contribution < -0.4 is 4.90 Å². The molecule has 1 aliphatic heterocycles. The first kappa shape index (κ1) is 17.8. The lowest BCUT2D eigenvalue weighted by molar-refractivity contribution is -0.126. The third kappa shape index (κ3) is 4.36. The number of piperazine rings is 1. The van der Waals surface area contributed by atoms with Gasteiger partial charge in [0.2, 0.25) is 5.91 Å². The standard InChI is InChI=1S/C20H20Cl2N2O/c1-15-4-2-5-16(14-15)23-10-12-24(13-11-23)20(25)9-8-17-18(21)6-3-7-19(17)22/h2-9,14H,10-13H2,1H3. The number of hydrogen-bond donors (Lipinski definition) is 0. The molecule has 25 heavy (non-hydrogen) atoms. The third-order valence-electron chi connectivity index (χ3n) is 4.35. The number of carbonyl (C=O) groups is 1. The van der Waals surface area contributed by atoms with Crippen molar-refractivity contribution in [1.29, 1.82) is 0 Å². The number of rotatable bonds is 3. The first-order valence-electron chi connectivity index (χ1n) is 8.27. The number of amides is 1. The van der Waals surface area contributed by atoms with Gasteiger partial charge in [-0.1, -0.05) is 41.4 Å². The topological polar surface area (TPSA) is 23.6 Å². The zero-order chi connectivity index (χ0) is 17.8. The van der Waals surface area contributed by atoms with E-state index in [2.05, 4.69) is 36.1 Å². The molecule has 0 saturated carbocycles. The molecule has 0 radical (unpaired) electrons. The molecule has 1 fully saturated rings. The predicted octanol–water partition coefficient (Wildman–Crippen LogP) is 4.66. The first-order valence-corrected chi connectivity index (χ1v) is 9.03. The highest BCUT2D eigenvalue weighted by Crippen LogP contribution is 2.25. The third-order valence-corrected chi connectivity index (χ3v) is 5.01. The lowest BCUT2D eigenvalue weighted by Gasteiger charge is -2.35. The molecule has 0 bridgehead atoms. The van der Waals surface area contributed by atoms with Gasteiger partial charge in [0.05, 0.1) is 0 Å². The van der Waals surface area contributed by atoms with Gasteiger partial charge in [-0.2, -0.15) is 0 Å². The molecule has 0 spiro atoms. The Morgan fingerprint density at radius 2 is 1.64 bits per heavy atom. The van der Waals surface area contributed by atoms with E-state index in [-0.39, 0.29) is 5.91 Å². The minimum absolute atomic E-state index is 0.0140. The van der Waals surface area contributed by atoms with Crippen molar-refractivity contribution >= 4 is 40.9 Å². The van der Waals surface area contributed by atoms with Gasteiger partial charge < -0.3 is 9.80 Å². The van der Waals surface area contributed by atoms with E-state index >= 15 is 0 Å². The molecule has 0 aliphatic carbocycles. The second kappa shape index (κ2) is 7.94. The van der Waals surface area contributed by atoms with Crippen LogP contribution in [0.15, 0.2) is 48.5 Å². The molecule has 1 heterocycles. The number of halogens is 2. The Bertz CT molecular complexity index is 776. The molecule has 130 valence electrons. The van der Waals surface area contributed by atoms with E-state index in [0.29, 0.717) is 28.7 Å². The van der Waals surface area contributed by atoms with Crippen LogP contribution in [0, 0.1) is 6.92 Å². The molecule has 0 atom stereocenters. The molecule has 2 aromatic rings. The highest BCUT2D eigenvalue weighted by Gasteiger charge is 2.20. The number of anilines is 1. The highest BCUT2D eigenvalue weighted by atomic mass is 35.5. The van der Waals surface area contributed by atoms with E-state index in [1.165, 1.54) is 11.3 Å². The average Bonchev–Trinajstić information content (AvgIpc) is 2.61. The van der Waals surface area contributed by atoms with Gasteiger partial charge in [0.25, 0.3) is 0 Å². The van der Waals surface area contributed by atoms with Crippen LogP contribution in [0.5, 0.6) is 0 Å². The number of nitrogens with zero attached hydrogens (tertiary/aromatic N) is 2. The monoisotopic (exact) mass is 374 g/mol. The maximum absolute atomic E-state index is 12.4. The molecule has 3 rings (SSSR count). The largest absolute Gasteiger partial charge is 0.368 e. The van der Waals surface area contributed by atoms with E-state index in [1.54, 1.807) is 30.4 Å². The van der Waals surface area contributed by atoms with E-state index in [0.717, 1.165) is 13.1 Å². The molecular weight excluding hydrogens is 355 g/mol. The number of carbonyl (C=O) groups excluding carboxylic acids is 1. The molecule has 5 heteroatoms. The molecule has 0 unspecified atom stereocenters. The van der Waals surface area contributed by atoms with Crippen molar-refractivity contribution in [2.45, 2.75) is 6.92 Å². The maximum atomic E-state index is 12.4. The second-order valence-corrected chi connectivity index (χ2v) is 6.93. The zero-order valence-corrected chi connectivity index (χ0v) is 15.6. The molecule has 0 aromatic heterocycles. The van der Waals surface area contributed by atoms with Gasteiger partial charge in [-0.3, -0.25) is 4.79 Å². The van der Waals surface area contributed by atoms with Gasteiger partial charge >= 0.3 is 0 Å². The van der Waals surface area contributed by atoms with Crippen molar-refractivity contribution in [3.8, 4) is 0 Å². The lowest BCUT2D eigenvalue weighted by atomic mass is 10.2. The van der Waals surface area contributed by atoms with Gasteiger partial charge in [0.15, 0.2) is 0 Å². The summed E-state index contributed by atoms with van der Waals surface area (Å²) in [6.07, 6.45) is 3.25. The van der Waals surface area contributed by atoms with Gasteiger partial charge in [-0.15, -0.1) is 0 Å². The minimum atomic E-state index is -0.0140. The lowest BCUT2D eigenvalue weighted by Crippen LogP contribution is -2.48. The summed E-state index contributed by atoms with van der Waals surface area (Å²) >= 11 is 12.3. The zero-order valence-electron chi connectivity index (χ0n) is 14.1. The quantitative estimate of drug-likeness (QED) is 0.729. The van der Waals surface area contributed by atoms with E-state index < -0.39 is 0 Å². The summed E-state index contributed by atoms with van der Waals surface area (Å²) in [5.74, 6) is -0.0140. The second-order valence-electron chi connectivity index (χ2n) is 6.12. The minimum Gasteiger partial charge on any atom is -0.368 e. The molecule has 0 N–H and O–H groups in total. The first-order chi connectivity index (χ1) is 12.0. The van der Waals surface area contributed by atoms with E-state index in [1.807, 2.05) is 4.90 Å². The van der Waals surface area contributed by atoms with Crippen molar-refractivity contribution in [2.24, 2.45) is 0 Å². The normalized spacial score (nSPS) is 15.0. The summed E-state index contributed by atoms with van der Waals surface area (Å²) < 4.78 is 0. The van der Waals surface area contributed by atoms with Crippen molar-refractivity contribution < 1.29 is 4.79 Å². The van der Waals surface area contributed by atoms with Crippen LogP contribution in [-0.4, -0.2) is 37.0 Å². The Hall–Kier alpha value is -1.97. The predicted molar refractivity (Wildman–Crippen MR) is 105 cm³/mol. The summed E-state index contributed by atoms with van der Waals surface area (Å²) in [5.41, 5.74) is 3.14.